The van der Waals surface area contributed by atoms with Gasteiger partial charge in [0.2, 0.25) is 0 Å². The Balaban J connectivity index is 2.16. The highest BCUT2D eigenvalue weighted by Gasteiger charge is 2.20. The van der Waals surface area contributed by atoms with E-state index in [4.69, 9.17) is 0 Å². The highest BCUT2D eigenvalue weighted by molar-refractivity contribution is 5.84. The van der Waals surface area contributed by atoms with Crippen molar-refractivity contribution in [1.29, 1.82) is 0 Å². The number of fused-ring (bicyclic) bond motifs is 1. The summed E-state index contributed by atoms with van der Waals surface area (Å²) in [5.74, 6) is 0.316. The van der Waals surface area contributed by atoms with Crippen molar-refractivity contribution in [2.45, 2.75) is 40.7 Å². The molecule has 0 aliphatic carbocycles. The number of aromatic nitrogens is 1. The highest BCUT2D eigenvalue weighted by atomic mass is 16.1. The first-order valence-electron chi connectivity index (χ1n) is 6.47. The fraction of sp³-hybridized carbons (Fsp3) is 0.438. The van der Waals surface area contributed by atoms with Crippen LogP contribution in [0.3, 0.4) is 0 Å². The highest BCUT2D eigenvalue weighted by Crippen LogP contribution is 2.20. The number of carbonyl (C=O) groups is 1. The third kappa shape index (κ3) is 2.63. The molecule has 0 atom stereocenters. The molecule has 2 nitrogen and oxygen atoms in total. The molecule has 0 unspecified atom stereocenters. The summed E-state index contributed by atoms with van der Waals surface area (Å²) in [6.07, 6.45) is 2.67. The summed E-state index contributed by atoms with van der Waals surface area (Å²) in [7, 11) is 0. The Bertz CT molecular complexity index is 572. The predicted molar refractivity (Wildman–Crippen MR) is 75.8 cm³/mol. The van der Waals surface area contributed by atoms with E-state index < -0.39 is 0 Å². The van der Waals surface area contributed by atoms with Crippen LogP contribution in [0.5, 0.6) is 0 Å². The van der Waals surface area contributed by atoms with Crippen LogP contribution in [0.25, 0.3) is 10.9 Å². The van der Waals surface area contributed by atoms with Crippen LogP contribution in [0.1, 0.15) is 32.8 Å². The molecule has 2 aromatic rings. The van der Waals surface area contributed by atoms with Gasteiger partial charge in [0, 0.05) is 30.1 Å². The summed E-state index contributed by atoms with van der Waals surface area (Å²) in [6, 6.07) is 8.54. The number of hydrogen-bond donors (Lipinski definition) is 0. The van der Waals surface area contributed by atoms with Crippen molar-refractivity contribution >= 4 is 16.7 Å². The minimum absolute atomic E-state index is 0.237. The number of carbonyl (C=O) groups excluding carboxylic acids is 1. The average Bonchev–Trinajstić information content (AvgIpc) is 2.66. The zero-order valence-electron chi connectivity index (χ0n) is 11.7. The zero-order chi connectivity index (χ0) is 13.3. The SMILES string of the molecule is Cc1ccc2c(ccn2CCC(=O)C(C)(C)C)c1. The Hall–Kier alpha value is -1.57. The molecule has 0 radical (unpaired) electrons. The van der Waals surface area contributed by atoms with Crippen LogP contribution in [-0.4, -0.2) is 10.4 Å². The van der Waals surface area contributed by atoms with E-state index in [1.807, 2.05) is 20.8 Å². The van der Waals surface area contributed by atoms with Gasteiger partial charge in [-0.1, -0.05) is 32.4 Å². The molecule has 0 aliphatic rings. The van der Waals surface area contributed by atoms with Crippen molar-refractivity contribution in [1.82, 2.24) is 4.57 Å². The molecule has 18 heavy (non-hydrogen) atoms. The maximum Gasteiger partial charge on any atom is 0.139 e. The second kappa shape index (κ2) is 4.60. The summed E-state index contributed by atoms with van der Waals surface area (Å²) in [4.78, 5) is 11.9. The van der Waals surface area contributed by atoms with E-state index in [0.717, 1.165) is 6.54 Å². The van der Waals surface area contributed by atoms with E-state index in [1.165, 1.54) is 16.5 Å². The first kappa shape index (κ1) is 12.9. The van der Waals surface area contributed by atoms with Gasteiger partial charge in [-0.2, -0.15) is 0 Å². The lowest BCUT2D eigenvalue weighted by Crippen LogP contribution is -2.21. The Morgan fingerprint density at radius 3 is 2.61 bits per heavy atom. The van der Waals surface area contributed by atoms with E-state index in [2.05, 4.69) is 42.0 Å². The summed E-state index contributed by atoms with van der Waals surface area (Å²) in [5.41, 5.74) is 2.24. The number of nitrogens with zero attached hydrogens (tertiary/aromatic N) is 1. The van der Waals surface area contributed by atoms with E-state index in [0.29, 0.717) is 12.2 Å². The molecule has 1 aromatic heterocycles. The fourth-order valence-electron chi connectivity index (χ4n) is 2.11. The van der Waals surface area contributed by atoms with Crippen LogP contribution in [0.15, 0.2) is 30.5 Å². The number of ketones is 1. The molecule has 2 rings (SSSR count). The summed E-state index contributed by atoms with van der Waals surface area (Å²) in [6.45, 7) is 8.80. The molecule has 0 aliphatic heterocycles. The predicted octanol–water partition coefficient (Wildman–Crippen LogP) is 3.96. The normalized spacial score (nSPS) is 12.0. The standard InChI is InChI=1S/C16H21NO/c1-12-5-6-14-13(11-12)7-9-17(14)10-8-15(18)16(2,3)4/h5-7,9,11H,8,10H2,1-4H3. The summed E-state index contributed by atoms with van der Waals surface area (Å²) < 4.78 is 2.17. The van der Waals surface area contributed by atoms with Crippen LogP contribution in [0, 0.1) is 12.3 Å². The molecule has 0 saturated heterocycles. The summed E-state index contributed by atoms with van der Waals surface area (Å²) in [5, 5.41) is 1.25. The largest absolute Gasteiger partial charge is 0.347 e. The fourth-order valence-corrected chi connectivity index (χ4v) is 2.11. The maximum absolute atomic E-state index is 11.9. The average molecular weight is 243 g/mol. The molecule has 0 bridgehead atoms. The molecule has 1 heterocycles. The molecule has 0 saturated carbocycles. The Morgan fingerprint density at radius 1 is 1.22 bits per heavy atom. The van der Waals surface area contributed by atoms with Crippen molar-refractivity contribution < 1.29 is 4.79 Å². The lowest BCUT2D eigenvalue weighted by Gasteiger charge is -2.16. The molecular formula is C16H21NO. The van der Waals surface area contributed by atoms with Crippen molar-refractivity contribution in [3.63, 3.8) is 0 Å². The molecule has 0 amide bonds. The molecule has 0 N–H and O–H groups in total. The molecule has 2 heteroatoms. The van der Waals surface area contributed by atoms with Crippen LogP contribution < -0.4 is 0 Å². The van der Waals surface area contributed by atoms with Crippen molar-refractivity contribution in [3.8, 4) is 0 Å². The van der Waals surface area contributed by atoms with Gasteiger partial charge in [0.15, 0.2) is 0 Å². The molecule has 0 spiro atoms. The summed E-state index contributed by atoms with van der Waals surface area (Å²) >= 11 is 0. The van der Waals surface area contributed by atoms with Gasteiger partial charge in [0.25, 0.3) is 0 Å². The van der Waals surface area contributed by atoms with Gasteiger partial charge in [-0.15, -0.1) is 0 Å². The third-order valence-electron chi connectivity index (χ3n) is 3.34. The monoisotopic (exact) mass is 243 g/mol. The van der Waals surface area contributed by atoms with E-state index in [-0.39, 0.29) is 5.41 Å². The first-order valence-corrected chi connectivity index (χ1v) is 6.47. The lowest BCUT2D eigenvalue weighted by molar-refractivity contribution is -0.126. The van der Waals surface area contributed by atoms with Crippen LogP contribution in [0.2, 0.25) is 0 Å². The van der Waals surface area contributed by atoms with Crippen molar-refractivity contribution in [2.75, 3.05) is 0 Å². The smallest absolute Gasteiger partial charge is 0.139 e. The van der Waals surface area contributed by atoms with Crippen LogP contribution >= 0.6 is 0 Å². The molecule has 96 valence electrons. The second-order valence-corrected chi connectivity index (χ2v) is 5.99. The number of benzene rings is 1. The molecular weight excluding hydrogens is 222 g/mol. The number of aryl methyl sites for hydroxylation is 2. The van der Waals surface area contributed by atoms with Gasteiger partial charge in [0.05, 0.1) is 0 Å². The van der Waals surface area contributed by atoms with E-state index >= 15 is 0 Å². The van der Waals surface area contributed by atoms with Crippen LogP contribution in [-0.2, 0) is 11.3 Å². The van der Waals surface area contributed by atoms with Crippen LogP contribution in [0.4, 0.5) is 0 Å². The lowest BCUT2D eigenvalue weighted by atomic mass is 9.89. The zero-order valence-corrected chi connectivity index (χ0v) is 11.7. The Labute approximate surface area is 109 Å². The Morgan fingerprint density at radius 2 is 1.94 bits per heavy atom. The number of hydrogen-bond acceptors (Lipinski definition) is 1. The molecule has 1 aromatic carbocycles. The Kier molecular flexibility index (Phi) is 3.29. The quantitative estimate of drug-likeness (QED) is 0.800. The third-order valence-corrected chi connectivity index (χ3v) is 3.34. The minimum Gasteiger partial charge on any atom is -0.347 e. The van der Waals surface area contributed by atoms with Gasteiger partial charge in [-0.05, 0) is 30.5 Å². The minimum atomic E-state index is -0.237. The second-order valence-electron chi connectivity index (χ2n) is 5.99. The first-order chi connectivity index (χ1) is 8.38. The van der Waals surface area contributed by atoms with Crippen molar-refractivity contribution in [2.24, 2.45) is 5.41 Å². The molecule has 0 fully saturated rings. The van der Waals surface area contributed by atoms with Gasteiger partial charge in [-0.25, -0.2) is 0 Å². The number of rotatable bonds is 3. The van der Waals surface area contributed by atoms with Gasteiger partial charge in [-0.3, -0.25) is 4.79 Å². The van der Waals surface area contributed by atoms with E-state index in [9.17, 15) is 4.79 Å². The van der Waals surface area contributed by atoms with Gasteiger partial charge >= 0.3 is 0 Å². The van der Waals surface area contributed by atoms with E-state index in [1.54, 1.807) is 0 Å². The van der Waals surface area contributed by atoms with Crippen molar-refractivity contribution in [3.05, 3.63) is 36.0 Å². The maximum atomic E-state index is 11.9. The van der Waals surface area contributed by atoms with Gasteiger partial charge < -0.3 is 4.57 Å². The van der Waals surface area contributed by atoms with Gasteiger partial charge in [0.1, 0.15) is 5.78 Å². The topological polar surface area (TPSA) is 22.0 Å². The number of Topliss-reactive ketones (excluding diaryl/α,β-unsaturated/α-hetero) is 1.